The smallest absolute Gasteiger partial charge is 0.178 e. The van der Waals surface area contributed by atoms with E-state index in [9.17, 15) is 0 Å². The highest BCUT2D eigenvalue weighted by atomic mass is 35.5. The standard InChI is InChI=1S/C16H15ClN2OS/c1-10-6-7-13-14(8-10)19(16(21)18-13)9-11-12(17)4-3-5-15(11)20-2/h3-8H,9H2,1-2H3,(H,18,21). The fourth-order valence-corrected chi connectivity index (χ4v) is 2.96. The SMILES string of the molecule is COc1cccc(Cl)c1Cn1c(=S)[nH]c2ccc(C)cc21. The lowest BCUT2D eigenvalue weighted by Gasteiger charge is -2.12. The Bertz CT molecular complexity index is 866. The first-order valence-corrected chi connectivity index (χ1v) is 7.39. The molecular weight excluding hydrogens is 304 g/mol. The van der Waals surface area contributed by atoms with Crippen molar-refractivity contribution >= 4 is 34.9 Å². The number of hydrogen-bond acceptors (Lipinski definition) is 2. The Balaban J connectivity index is 2.17. The van der Waals surface area contributed by atoms with Crippen molar-refractivity contribution in [1.82, 2.24) is 9.55 Å². The van der Waals surface area contributed by atoms with Gasteiger partial charge in [0.2, 0.25) is 0 Å². The third-order valence-corrected chi connectivity index (χ3v) is 4.22. The van der Waals surface area contributed by atoms with E-state index in [1.54, 1.807) is 7.11 Å². The van der Waals surface area contributed by atoms with E-state index in [4.69, 9.17) is 28.6 Å². The Morgan fingerprint density at radius 3 is 2.86 bits per heavy atom. The van der Waals surface area contributed by atoms with Crippen LogP contribution in [-0.4, -0.2) is 16.7 Å². The number of H-pyrrole nitrogens is 1. The lowest BCUT2D eigenvalue weighted by atomic mass is 10.2. The summed E-state index contributed by atoms with van der Waals surface area (Å²) in [7, 11) is 1.65. The number of nitrogens with one attached hydrogen (secondary N) is 1. The summed E-state index contributed by atoms with van der Waals surface area (Å²) in [6.07, 6.45) is 0. The number of fused-ring (bicyclic) bond motifs is 1. The maximum absolute atomic E-state index is 6.32. The van der Waals surface area contributed by atoms with E-state index < -0.39 is 0 Å². The molecule has 0 spiro atoms. The number of imidazole rings is 1. The third-order valence-electron chi connectivity index (χ3n) is 3.54. The number of nitrogens with zero attached hydrogens (tertiary/aromatic N) is 1. The molecule has 0 bridgehead atoms. The van der Waals surface area contributed by atoms with Gasteiger partial charge in [-0.2, -0.15) is 0 Å². The molecule has 1 heterocycles. The first-order valence-electron chi connectivity index (χ1n) is 6.60. The molecule has 0 fully saturated rings. The van der Waals surface area contributed by atoms with Crippen LogP contribution < -0.4 is 4.74 Å². The van der Waals surface area contributed by atoms with Gasteiger partial charge in [-0.1, -0.05) is 23.7 Å². The van der Waals surface area contributed by atoms with E-state index in [1.165, 1.54) is 5.56 Å². The van der Waals surface area contributed by atoms with Gasteiger partial charge in [0, 0.05) is 10.6 Å². The van der Waals surface area contributed by atoms with Crippen LogP contribution in [0.15, 0.2) is 36.4 Å². The summed E-state index contributed by atoms with van der Waals surface area (Å²) in [6.45, 7) is 2.64. The Morgan fingerprint density at radius 2 is 2.10 bits per heavy atom. The maximum Gasteiger partial charge on any atom is 0.178 e. The lowest BCUT2D eigenvalue weighted by Crippen LogP contribution is -2.03. The first-order chi connectivity index (χ1) is 10.1. The fourth-order valence-electron chi connectivity index (χ4n) is 2.46. The molecular formula is C16H15ClN2OS. The van der Waals surface area contributed by atoms with Crippen LogP contribution in [0.25, 0.3) is 11.0 Å². The number of ether oxygens (including phenoxy) is 1. The summed E-state index contributed by atoms with van der Waals surface area (Å²) in [4.78, 5) is 3.23. The van der Waals surface area contributed by atoms with Gasteiger partial charge in [0.05, 0.1) is 24.7 Å². The predicted molar refractivity (Wildman–Crippen MR) is 89.0 cm³/mol. The van der Waals surface area contributed by atoms with E-state index >= 15 is 0 Å². The molecule has 0 aliphatic rings. The molecule has 2 aromatic carbocycles. The number of halogens is 1. The zero-order valence-electron chi connectivity index (χ0n) is 11.8. The Labute approximate surface area is 133 Å². The largest absolute Gasteiger partial charge is 0.496 e. The minimum Gasteiger partial charge on any atom is -0.496 e. The third kappa shape index (κ3) is 2.57. The molecule has 0 atom stereocenters. The summed E-state index contributed by atoms with van der Waals surface area (Å²) >= 11 is 11.8. The van der Waals surface area contributed by atoms with Crippen molar-refractivity contribution in [2.45, 2.75) is 13.5 Å². The monoisotopic (exact) mass is 318 g/mol. The number of aromatic nitrogens is 2. The van der Waals surface area contributed by atoms with Gasteiger partial charge in [-0.25, -0.2) is 0 Å². The molecule has 0 aliphatic carbocycles. The zero-order chi connectivity index (χ0) is 15.0. The molecule has 0 aliphatic heterocycles. The molecule has 0 amide bonds. The second-order valence-corrected chi connectivity index (χ2v) is 5.75. The molecule has 0 saturated carbocycles. The van der Waals surface area contributed by atoms with Gasteiger partial charge in [0.15, 0.2) is 4.77 Å². The van der Waals surface area contributed by atoms with Crippen LogP contribution in [0.2, 0.25) is 5.02 Å². The summed E-state index contributed by atoms with van der Waals surface area (Å²) in [6, 6.07) is 11.9. The number of rotatable bonds is 3. The molecule has 1 N–H and O–H groups in total. The predicted octanol–water partition coefficient (Wildman–Crippen LogP) is 4.72. The highest BCUT2D eigenvalue weighted by Gasteiger charge is 2.11. The second-order valence-electron chi connectivity index (χ2n) is 4.96. The van der Waals surface area contributed by atoms with E-state index in [2.05, 4.69) is 24.0 Å². The van der Waals surface area contributed by atoms with Crippen LogP contribution in [0.1, 0.15) is 11.1 Å². The highest BCUT2D eigenvalue weighted by Crippen LogP contribution is 2.28. The van der Waals surface area contributed by atoms with Gasteiger partial charge in [0.25, 0.3) is 0 Å². The maximum atomic E-state index is 6.32. The normalized spacial score (nSPS) is 11.0. The lowest BCUT2D eigenvalue weighted by molar-refractivity contribution is 0.408. The van der Waals surface area contributed by atoms with Crippen LogP contribution in [0.4, 0.5) is 0 Å². The average molecular weight is 319 g/mol. The van der Waals surface area contributed by atoms with Crippen LogP contribution in [0, 0.1) is 11.7 Å². The van der Waals surface area contributed by atoms with Crippen LogP contribution in [-0.2, 0) is 6.54 Å². The molecule has 0 radical (unpaired) electrons. The molecule has 1 aromatic heterocycles. The van der Waals surface area contributed by atoms with E-state index in [0.717, 1.165) is 22.3 Å². The van der Waals surface area contributed by atoms with E-state index in [0.29, 0.717) is 16.3 Å². The van der Waals surface area contributed by atoms with Gasteiger partial charge in [0.1, 0.15) is 5.75 Å². The number of aromatic amines is 1. The van der Waals surface area contributed by atoms with E-state index in [1.807, 2.05) is 28.8 Å². The zero-order valence-corrected chi connectivity index (χ0v) is 13.4. The summed E-state index contributed by atoms with van der Waals surface area (Å²) in [5, 5.41) is 0.679. The molecule has 3 aromatic rings. The highest BCUT2D eigenvalue weighted by molar-refractivity contribution is 7.71. The van der Waals surface area contributed by atoms with Gasteiger partial charge in [-0.05, 0) is 49.0 Å². The fraction of sp³-hybridized carbons (Fsp3) is 0.188. The van der Waals surface area contributed by atoms with Crippen molar-refractivity contribution in [2.24, 2.45) is 0 Å². The Hall–Kier alpha value is -1.78. The van der Waals surface area contributed by atoms with Crippen molar-refractivity contribution in [2.75, 3.05) is 7.11 Å². The van der Waals surface area contributed by atoms with Gasteiger partial charge < -0.3 is 14.3 Å². The molecule has 3 nitrogen and oxygen atoms in total. The molecule has 0 unspecified atom stereocenters. The summed E-state index contributed by atoms with van der Waals surface area (Å²) < 4.78 is 8.13. The molecule has 108 valence electrons. The van der Waals surface area contributed by atoms with Gasteiger partial charge >= 0.3 is 0 Å². The molecule has 3 rings (SSSR count). The van der Waals surface area contributed by atoms with Crippen molar-refractivity contribution < 1.29 is 4.74 Å². The number of aryl methyl sites for hydroxylation is 1. The van der Waals surface area contributed by atoms with Crippen LogP contribution in [0.5, 0.6) is 5.75 Å². The van der Waals surface area contributed by atoms with Crippen LogP contribution in [0.3, 0.4) is 0 Å². The first kappa shape index (κ1) is 14.2. The molecule has 21 heavy (non-hydrogen) atoms. The number of benzene rings is 2. The average Bonchev–Trinajstić information content (AvgIpc) is 2.77. The number of methoxy groups -OCH3 is 1. The van der Waals surface area contributed by atoms with Crippen molar-refractivity contribution in [3.05, 3.63) is 57.3 Å². The van der Waals surface area contributed by atoms with Crippen molar-refractivity contribution in [1.29, 1.82) is 0 Å². The summed E-state index contributed by atoms with van der Waals surface area (Å²) in [5.74, 6) is 0.770. The Morgan fingerprint density at radius 1 is 1.29 bits per heavy atom. The minimum absolute atomic E-state index is 0.575. The van der Waals surface area contributed by atoms with Crippen molar-refractivity contribution in [3.63, 3.8) is 0 Å². The molecule has 5 heteroatoms. The quantitative estimate of drug-likeness (QED) is 0.708. The minimum atomic E-state index is 0.575. The van der Waals surface area contributed by atoms with Crippen LogP contribution >= 0.6 is 23.8 Å². The molecule has 0 saturated heterocycles. The van der Waals surface area contributed by atoms with Gasteiger partial charge in [-0.3, -0.25) is 0 Å². The summed E-state index contributed by atoms with van der Waals surface area (Å²) in [5.41, 5.74) is 4.22. The van der Waals surface area contributed by atoms with Crippen molar-refractivity contribution in [3.8, 4) is 5.75 Å². The van der Waals surface area contributed by atoms with Gasteiger partial charge in [-0.15, -0.1) is 0 Å². The Kier molecular flexibility index (Phi) is 3.74. The second kappa shape index (κ2) is 5.54. The number of hydrogen-bond donors (Lipinski definition) is 1. The topological polar surface area (TPSA) is 29.9 Å². The van der Waals surface area contributed by atoms with E-state index in [-0.39, 0.29) is 0 Å².